The van der Waals surface area contributed by atoms with E-state index in [0.29, 0.717) is 23.2 Å². The third-order valence-corrected chi connectivity index (χ3v) is 3.64. The molecule has 0 fully saturated rings. The molecule has 0 unspecified atom stereocenters. The first kappa shape index (κ1) is 16.8. The van der Waals surface area contributed by atoms with Crippen molar-refractivity contribution in [2.24, 2.45) is 5.92 Å². The molecular formula is C19H21N5O. The van der Waals surface area contributed by atoms with Crippen LogP contribution in [0.4, 0.5) is 11.6 Å². The van der Waals surface area contributed by atoms with Crippen molar-refractivity contribution in [3.05, 3.63) is 54.0 Å². The standard InChI is InChI=1S/C19H21N5O/c1-12(2)11-21-19-22-13(3)10-16(24-19)18(25)23-15-8-4-6-14-7-5-9-20-17(14)15/h4-10,12H,11H2,1-3H3,(H,23,25)(H,21,22,24). The van der Waals surface area contributed by atoms with Gasteiger partial charge in [-0.1, -0.05) is 32.0 Å². The zero-order valence-electron chi connectivity index (χ0n) is 14.6. The molecule has 0 bridgehead atoms. The molecule has 0 atom stereocenters. The Kier molecular flexibility index (Phi) is 4.88. The predicted octanol–water partition coefficient (Wildman–Crippen LogP) is 3.65. The van der Waals surface area contributed by atoms with E-state index in [2.05, 4.69) is 39.4 Å². The Morgan fingerprint density at radius 1 is 1.16 bits per heavy atom. The van der Waals surface area contributed by atoms with E-state index < -0.39 is 0 Å². The minimum Gasteiger partial charge on any atom is -0.354 e. The number of pyridine rings is 1. The van der Waals surface area contributed by atoms with Gasteiger partial charge < -0.3 is 10.6 Å². The number of anilines is 2. The molecule has 0 spiro atoms. The number of hydrogen-bond donors (Lipinski definition) is 2. The van der Waals surface area contributed by atoms with Crippen LogP contribution in [0.2, 0.25) is 0 Å². The van der Waals surface area contributed by atoms with Crippen molar-refractivity contribution in [2.75, 3.05) is 17.2 Å². The van der Waals surface area contributed by atoms with Crippen molar-refractivity contribution in [2.45, 2.75) is 20.8 Å². The average molecular weight is 335 g/mol. The van der Waals surface area contributed by atoms with Gasteiger partial charge in [-0.05, 0) is 31.0 Å². The first-order valence-corrected chi connectivity index (χ1v) is 8.27. The van der Waals surface area contributed by atoms with Gasteiger partial charge in [-0.15, -0.1) is 0 Å². The highest BCUT2D eigenvalue weighted by molar-refractivity contribution is 6.07. The van der Waals surface area contributed by atoms with E-state index in [0.717, 1.165) is 23.1 Å². The van der Waals surface area contributed by atoms with Crippen molar-refractivity contribution < 1.29 is 4.79 Å². The molecule has 6 nitrogen and oxygen atoms in total. The van der Waals surface area contributed by atoms with Crippen LogP contribution in [0.1, 0.15) is 30.0 Å². The van der Waals surface area contributed by atoms with E-state index in [1.54, 1.807) is 12.3 Å². The molecule has 0 saturated carbocycles. The second-order valence-electron chi connectivity index (χ2n) is 6.33. The van der Waals surface area contributed by atoms with Gasteiger partial charge in [-0.25, -0.2) is 9.97 Å². The van der Waals surface area contributed by atoms with Gasteiger partial charge in [0.1, 0.15) is 5.69 Å². The lowest BCUT2D eigenvalue weighted by atomic mass is 10.2. The third kappa shape index (κ3) is 4.09. The Morgan fingerprint density at radius 3 is 2.76 bits per heavy atom. The number of hydrogen-bond acceptors (Lipinski definition) is 5. The van der Waals surface area contributed by atoms with Crippen molar-refractivity contribution in [1.82, 2.24) is 15.0 Å². The number of benzene rings is 1. The second-order valence-corrected chi connectivity index (χ2v) is 6.33. The molecule has 0 aliphatic carbocycles. The molecule has 2 N–H and O–H groups in total. The monoisotopic (exact) mass is 335 g/mol. The lowest BCUT2D eigenvalue weighted by Crippen LogP contribution is -2.17. The summed E-state index contributed by atoms with van der Waals surface area (Å²) in [6.07, 6.45) is 1.71. The van der Waals surface area contributed by atoms with Crippen LogP contribution in [0.15, 0.2) is 42.6 Å². The Balaban J connectivity index is 1.85. The fourth-order valence-corrected chi connectivity index (χ4v) is 2.45. The van der Waals surface area contributed by atoms with Crippen LogP contribution >= 0.6 is 0 Å². The maximum atomic E-state index is 12.6. The van der Waals surface area contributed by atoms with Crippen LogP contribution in [0.5, 0.6) is 0 Å². The summed E-state index contributed by atoms with van der Waals surface area (Å²) in [6, 6.07) is 11.2. The van der Waals surface area contributed by atoms with Gasteiger partial charge in [0.2, 0.25) is 5.95 Å². The van der Waals surface area contributed by atoms with E-state index >= 15 is 0 Å². The number of aromatic nitrogens is 3. The molecule has 0 saturated heterocycles. The summed E-state index contributed by atoms with van der Waals surface area (Å²) >= 11 is 0. The van der Waals surface area contributed by atoms with Crippen LogP contribution in [0, 0.1) is 12.8 Å². The van der Waals surface area contributed by atoms with Crippen LogP contribution in [-0.2, 0) is 0 Å². The van der Waals surface area contributed by atoms with Gasteiger partial charge in [0.05, 0.1) is 11.2 Å². The van der Waals surface area contributed by atoms with Gasteiger partial charge in [0.25, 0.3) is 5.91 Å². The summed E-state index contributed by atoms with van der Waals surface area (Å²) in [5.74, 6) is 0.647. The van der Waals surface area contributed by atoms with Gasteiger partial charge in [-0.3, -0.25) is 9.78 Å². The number of carbonyl (C=O) groups is 1. The first-order chi connectivity index (χ1) is 12.0. The number of para-hydroxylation sites is 1. The van der Waals surface area contributed by atoms with Gasteiger partial charge in [-0.2, -0.15) is 0 Å². The maximum Gasteiger partial charge on any atom is 0.274 e. The number of fused-ring (bicyclic) bond motifs is 1. The lowest BCUT2D eigenvalue weighted by Gasteiger charge is -2.11. The number of aryl methyl sites for hydroxylation is 1. The normalized spacial score (nSPS) is 10.9. The van der Waals surface area contributed by atoms with Gasteiger partial charge in [0, 0.05) is 23.8 Å². The lowest BCUT2D eigenvalue weighted by molar-refractivity contribution is 0.102. The largest absolute Gasteiger partial charge is 0.354 e. The average Bonchev–Trinajstić information content (AvgIpc) is 2.60. The predicted molar refractivity (Wildman–Crippen MR) is 99.8 cm³/mol. The highest BCUT2D eigenvalue weighted by Gasteiger charge is 2.13. The summed E-state index contributed by atoms with van der Waals surface area (Å²) in [7, 11) is 0. The molecule has 6 heteroatoms. The molecule has 3 rings (SSSR count). The summed E-state index contributed by atoms with van der Waals surface area (Å²) in [6.45, 7) is 6.80. The van der Waals surface area contributed by atoms with Crippen LogP contribution in [0.3, 0.4) is 0 Å². The topological polar surface area (TPSA) is 79.8 Å². The van der Waals surface area contributed by atoms with E-state index in [9.17, 15) is 4.79 Å². The van der Waals surface area contributed by atoms with Crippen molar-refractivity contribution in [3.63, 3.8) is 0 Å². The molecule has 2 aromatic heterocycles. The Bertz CT molecular complexity index is 902. The third-order valence-electron chi connectivity index (χ3n) is 3.64. The zero-order valence-corrected chi connectivity index (χ0v) is 14.6. The van der Waals surface area contributed by atoms with E-state index in [1.807, 2.05) is 37.3 Å². The molecule has 25 heavy (non-hydrogen) atoms. The summed E-state index contributed by atoms with van der Waals surface area (Å²) in [5, 5.41) is 7.03. The number of carbonyl (C=O) groups excluding carboxylic acids is 1. The molecule has 128 valence electrons. The first-order valence-electron chi connectivity index (χ1n) is 8.27. The molecular weight excluding hydrogens is 314 g/mol. The molecule has 0 aliphatic rings. The number of amides is 1. The van der Waals surface area contributed by atoms with E-state index in [-0.39, 0.29) is 5.91 Å². The Hall–Kier alpha value is -3.02. The van der Waals surface area contributed by atoms with Crippen molar-refractivity contribution in [3.8, 4) is 0 Å². The van der Waals surface area contributed by atoms with Gasteiger partial charge in [0.15, 0.2) is 0 Å². The molecule has 1 aromatic carbocycles. The molecule has 3 aromatic rings. The smallest absolute Gasteiger partial charge is 0.274 e. The molecule has 1 amide bonds. The van der Waals surface area contributed by atoms with Crippen molar-refractivity contribution in [1.29, 1.82) is 0 Å². The number of rotatable bonds is 5. The molecule has 2 heterocycles. The number of nitrogens with zero attached hydrogens (tertiary/aromatic N) is 3. The van der Waals surface area contributed by atoms with Gasteiger partial charge >= 0.3 is 0 Å². The highest BCUT2D eigenvalue weighted by Crippen LogP contribution is 2.21. The summed E-state index contributed by atoms with van der Waals surface area (Å²) in [4.78, 5) is 25.7. The molecule has 0 radical (unpaired) electrons. The minimum atomic E-state index is -0.281. The second kappa shape index (κ2) is 7.25. The fraction of sp³-hybridized carbons (Fsp3) is 0.263. The maximum absolute atomic E-state index is 12.6. The Morgan fingerprint density at radius 2 is 1.96 bits per heavy atom. The highest BCUT2D eigenvalue weighted by atomic mass is 16.1. The quantitative estimate of drug-likeness (QED) is 0.744. The van der Waals surface area contributed by atoms with Crippen LogP contribution in [-0.4, -0.2) is 27.4 Å². The zero-order chi connectivity index (χ0) is 17.8. The van der Waals surface area contributed by atoms with Crippen LogP contribution < -0.4 is 10.6 Å². The minimum absolute atomic E-state index is 0.281. The number of nitrogens with one attached hydrogen (secondary N) is 2. The molecule has 0 aliphatic heterocycles. The fourth-order valence-electron chi connectivity index (χ4n) is 2.45. The van der Waals surface area contributed by atoms with Crippen LogP contribution in [0.25, 0.3) is 10.9 Å². The summed E-state index contributed by atoms with van der Waals surface area (Å²) < 4.78 is 0. The summed E-state index contributed by atoms with van der Waals surface area (Å²) in [5.41, 5.74) is 2.48. The SMILES string of the molecule is Cc1cc(C(=O)Nc2cccc3cccnc23)nc(NCC(C)C)n1. The Labute approximate surface area is 146 Å². The van der Waals surface area contributed by atoms with E-state index in [1.165, 1.54) is 0 Å². The van der Waals surface area contributed by atoms with E-state index in [4.69, 9.17) is 0 Å². The van der Waals surface area contributed by atoms with Crippen molar-refractivity contribution >= 4 is 28.4 Å².